The van der Waals surface area contributed by atoms with Gasteiger partial charge in [0.25, 0.3) is 11.8 Å². The normalized spacial score (nSPS) is 11.7. The van der Waals surface area contributed by atoms with Crippen molar-refractivity contribution in [2.45, 2.75) is 20.8 Å². The Labute approximate surface area is 149 Å². The molecular formula is C20H26N3O2+. The van der Waals surface area contributed by atoms with Crippen LogP contribution in [0, 0.1) is 20.8 Å². The second kappa shape index (κ2) is 8.44. The molecule has 5 nitrogen and oxygen atoms in total. The number of carbonyl (C=O) groups excluding carboxylic acids is 2. The predicted molar refractivity (Wildman–Crippen MR) is 101 cm³/mol. The van der Waals surface area contributed by atoms with Gasteiger partial charge in [-0.3, -0.25) is 9.59 Å². The van der Waals surface area contributed by atoms with Gasteiger partial charge in [0.2, 0.25) is 0 Å². The van der Waals surface area contributed by atoms with Crippen LogP contribution in [-0.4, -0.2) is 32.0 Å². The molecule has 0 fully saturated rings. The average Bonchev–Trinajstić information content (AvgIpc) is 2.53. The average molecular weight is 340 g/mol. The van der Waals surface area contributed by atoms with Crippen molar-refractivity contribution in [2.24, 2.45) is 0 Å². The van der Waals surface area contributed by atoms with E-state index < -0.39 is 0 Å². The van der Waals surface area contributed by atoms with Crippen LogP contribution in [-0.2, 0) is 9.59 Å². The maximum Gasteiger partial charge on any atom is 0.279 e. The van der Waals surface area contributed by atoms with Gasteiger partial charge in [0.1, 0.15) is 0 Å². The van der Waals surface area contributed by atoms with E-state index >= 15 is 0 Å². The second-order valence-electron chi connectivity index (χ2n) is 6.47. The van der Waals surface area contributed by atoms with Gasteiger partial charge in [-0.1, -0.05) is 30.3 Å². The predicted octanol–water partition coefficient (Wildman–Crippen LogP) is 1.70. The molecule has 2 aromatic carbocycles. The summed E-state index contributed by atoms with van der Waals surface area (Å²) < 4.78 is 0. The summed E-state index contributed by atoms with van der Waals surface area (Å²) in [5, 5.41) is 5.81. The van der Waals surface area contributed by atoms with E-state index in [0.29, 0.717) is 0 Å². The van der Waals surface area contributed by atoms with Crippen molar-refractivity contribution in [3.8, 4) is 0 Å². The van der Waals surface area contributed by atoms with Gasteiger partial charge in [-0.15, -0.1) is 0 Å². The number of rotatable bonds is 6. The summed E-state index contributed by atoms with van der Waals surface area (Å²) in [4.78, 5) is 25.2. The van der Waals surface area contributed by atoms with Crippen LogP contribution in [0.15, 0.2) is 42.5 Å². The molecule has 3 N–H and O–H groups in total. The monoisotopic (exact) mass is 340 g/mol. The number of quaternary nitrogens is 1. The molecule has 0 aromatic heterocycles. The smallest absolute Gasteiger partial charge is 0.279 e. The molecule has 2 rings (SSSR count). The summed E-state index contributed by atoms with van der Waals surface area (Å²) in [5.41, 5.74) is 4.84. The first-order valence-electron chi connectivity index (χ1n) is 8.39. The van der Waals surface area contributed by atoms with Gasteiger partial charge < -0.3 is 15.5 Å². The van der Waals surface area contributed by atoms with E-state index in [1.807, 2.05) is 70.3 Å². The summed E-state index contributed by atoms with van der Waals surface area (Å²) in [5.74, 6) is -0.207. The van der Waals surface area contributed by atoms with Gasteiger partial charge in [-0.05, 0) is 49.6 Å². The van der Waals surface area contributed by atoms with Crippen LogP contribution in [0.5, 0.6) is 0 Å². The van der Waals surface area contributed by atoms with Gasteiger partial charge in [-0.2, -0.15) is 0 Å². The Kier molecular flexibility index (Phi) is 6.31. The summed E-state index contributed by atoms with van der Waals surface area (Å²) in [6.07, 6.45) is 0. The molecule has 25 heavy (non-hydrogen) atoms. The Morgan fingerprint density at radius 1 is 0.800 bits per heavy atom. The molecule has 1 atom stereocenters. The molecule has 1 unspecified atom stereocenters. The highest BCUT2D eigenvalue weighted by molar-refractivity contribution is 5.94. The first-order valence-corrected chi connectivity index (χ1v) is 8.39. The molecule has 0 radical (unpaired) electrons. The molecule has 5 heteroatoms. The van der Waals surface area contributed by atoms with Gasteiger partial charge in [0, 0.05) is 11.4 Å². The molecule has 2 amide bonds. The Morgan fingerprint density at radius 3 is 1.96 bits per heavy atom. The zero-order chi connectivity index (χ0) is 18.4. The van der Waals surface area contributed by atoms with Crippen molar-refractivity contribution < 1.29 is 14.5 Å². The van der Waals surface area contributed by atoms with Crippen LogP contribution < -0.4 is 15.5 Å². The number of carbonyl (C=O) groups is 2. The third-order valence-corrected chi connectivity index (χ3v) is 4.22. The van der Waals surface area contributed by atoms with Crippen LogP contribution in [0.4, 0.5) is 11.4 Å². The Morgan fingerprint density at radius 2 is 1.32 bits per heavy atom. The number of nitrogens with one attached hydrogen (secondary N) is 3. The molecule has 0 saturated heterocycles. The van der Waals surface area contributed by atoms with E-state index in [1.54, 1.807) is 0 Å². The second-order valence-corrected chi connectivity index (χ2v) is 6.47. The number of hydrogen-bond donors (Lipinski definition) is 3. The van der Waals surface area contributed by atoms with E-state index in [-0.39, 0.29) is 24.9 Å². The lowest BCUT2D eigenvalue weighted by molar-refractivity contribution is -0.862. The van der Waals surface area contributed by atoms with Gasteiger partial charge >= 0.3 is 0 Å². The number of aryl methyl sites for hydroxylation is 2. The molecule has 132 valence electrons. The van der Waals surface area contributed by atoms with E-state index in [0.717, 1.165) is 33.0 Å². The van der Waals surface area contributed by atoms with Crippen molar-refractivity contribution in [3.63, 3.8) is 0 Å². The topological polar surface area (TPSA) is 62.6 Å². The number of para-hydroxylation sites is 1. The molecular weight excluding hydrogens is 314 g/mol. The molecule has 0 aliphatic carbocycles. The first-order chi connectivity index (χ1) is 11.9. The maximum atomic E-state index is 12.2. The van der Waals surface area contributed by atoms with Gasteiger partial charge in [-0.25, -0.2) is 0 Å². The molecule has 0 bridgehead atoms. The Balaban J connectivity index is 1.86. The van der Waals surface area contributed by atoms with Crippen molar-refractivity contribution >= 4 is 23.2 Å². The SMILES string of the molecule is Cc1ccccc1NC(=O)C[NH+](C)CC(=O)Nc1cccc(C)c1C. The minimum atomic E-state index is -0.105. The summed E-state index contributed by atoms with van der Waals surface area (Å²) in [7, 11) is 1.83. The van der Waals surface area contributed by atoms with Crippen LogP contribution in [0.1, 0.15) is 16.7 Å². The van der Waals surface area contributed by atoms with Crippen LogP contribution in [0.3, 0.4) is 0 Å². The number of anilines is 2. The lowest BCUT2D eigenvalue weighted by Gasteiger charge is -2.15. The maximum absolute atomic E-state index is 12.2. The highest BCUT2D eigenvalue weighted by Gasteiger charge is 2.15. The zero-order valence-electron chi connectivity index (χ0n) is 15.3. The third-order valence-electron chi connectivity index (χ3n) is 4.22. The van der Waals surface area contributed by atoms with Crippen molar-refractivity contribution in [3.05, 3.63) is 59.2 Å². The number of benzene rings is 2. The largest absolute Gasteiger partial charge is 0.322 e. The van der Waals surface area contributed by atoms with Crippen molar-refractivity contribution in [2.75, 3.05) is 30.8 Å². The fourth-order valence-electron chi connectivity index (χ4n) is 2.60. The fourth-order valence-corrected chi connectivity index (χ4v) is 2.60. The Bertz CT molecular complexity index is 771. The summed E-state index contributed by atoms with van der Waals surface area (Å²) in [6, 6.07) is 13.5. The molecule has 0 aliphatic heterocycles. The number of amides is 2. The van der Waals surface area contributed by atoms with E-state index in [2.05, 4.69) is 10.6 Å². The molecule has 2 aromatic rings. The minimum Gasteiger partial charge on any atom is -0.322 e. The van der Waals surface area contributed by atoms with E-state index in [1.165, 1.54) is 0 Å². The first kappa shape index (κ1) is 18.7. The highest BCUT2D eigenvalue weighted by Crippen LogP contribution is 2.17. The molecule has 0 saturated carbocycles. The summed E-state index contributed by atoms with van der Waals surface area (Å²) >= 11 is 0. The van der Waals surface area contributed by atoms with Crippen LogP contribution in [0.2, 0.25) is 0 Å². The fraction of sp³-hybridized carbons (Fsp3) is 0.300. The third kappa shape index (κ3) is 5.43. The van der Waals surface area contributed by atoms with E-state index in [4.69, 9.17) is 0 Å². The zero-order valence-corrected chi connectivity index (χ0v) is 15.3. The Hall–Kier alpha value is -2.66. The van der Waals surface area contributed by atoms with Crippen LogP contribution >= 0.6 is 0 Å². The lowest BCUT2D eigenvalue weighted by atomic mass is 10.1. The van der Waals surface area contributed by atoms with E-state index in [9.17, 15) is 9.59 Å². The quantitative estimate of drug-likeness (QED) is 0.750. The molecule has 0 spiro atoms. The van der Waals surface area contributed by atoms with Crippen LogP contribution in [0.25, 0.3) is 0 Å². The van der Waals surface area contributed by atoms with Gasteiger partial charge in [0.05, 0.1) is 7.05 Å². The lowest BCUT2D eigenvalue weighted by Crippen LogP contribution is -3.11. The number of hydrogen-bond acceptors (Lipinski definition) is 2. The summed E-state index contributed by atoms with van der Waals surface area (Å²) in [6.45, 7) is 6.41. The molecule has 0 aliphatic rings. The highest BCUT2D eigenvalue weighted by atomic mass is 16.2. The molecule has 0 heterocycles. The minimum absolute atomic E-state index is 0.102. The standard InChI is InChI=1S/C20H25N3O2/c1-14-9-7-11-18(16(14)3)22-20(25)13-23(4)12-19(24)21-17-10-6-5-8-15(17)2/h5-11H,12-13H2,1-4H3,(H,21,24)(H,22,25)/p+1. The number of likely N-dealkylation sites (N-methyl/N-ethyl adjacent to an activating group) is 1. The van der Waals surface area contributed by atoms with Crippen molar-refractivity contribution in [1.29, 1.82) is 0 Å². The van der Waals surface area contributed by atoms with Gasteiger partial charge in [0.15, 0.2) is 13.1 Å². The van der Waals surface area contributed by atoms with Crippen molar-refractivity contribution in [1.82, 2.24) is 0 Å².